The SMILES string of the molecule is O=C(O)c1cccc2cc(C3(O)CCNC3)[nH]c12. The van der Waals surface area contributed by atoms with Crippen molar-refractivity contribution in [3.05, 3.63) is 35.5 Å². The standard InChI is InChI=1S/C13H14N2O3/c16-12(17)9-3-1-2-8-6-10(15-11(8)9)13(18)4-5-14-7-13/h1-3,6,14-15,18H,4-5,7H2,(H,16,17). The summed E-state index contributed by atoms with van der Waals surface area (Å²) < 4.78 is 0. The molecule has 4 N–H and O–H groups in total. The molecule has 5 heteroatoms. The smallest absolute Gasteiger partial charge is 0.337 e. The van der Waals surface area contributed by atoms with Crippen molar-refractivity contribution in [3.63, 3.8) is 0 Å². The first kappa shape index (κ1) is 11.3. The Bertz CT molecular complexity index is 612. The van der Waals surface area contributed by atoms with E-state index in [9.17, 15) is 9.90 Å². The highest BCUT2D eigenvalue weighted by Gasteiger charge is 2.34. The zero-order valence-electron chi connectivity index (χ0n) is 9.73. The number of carboxylic acid groups (broad SMARTS) is 1. The molecule has 1 unspecified atom stereocenters. The van der Waals surface area contributed by atoms with Gasteiger partial charge in [0.25, 0.3) is 0 Å². The highest BCUT2D eigenvalue weighted by molar-refractivity contribution is 6.02. The average Bonchev–Trinajstić information content (AvgIpc) is 2.94. The lowest BCUT2D eigenvalue weighted by Crippen LogP contribution is -2.28. The fourth-order valence-corrected chi connectivity index (χ4v) is 2.49. The van der Waals surface area contributed by atoms with Crippen molar-refractivity contribution in [1.82, 2.24) is 10.3 Å². The molecule has 1 fully saturated rings. The molecule has 0 saturated carbocycles. The topological polar surface area (TPSA) is 85.3 Å². The summed E-state index contributed by atoms with van der Waals surface area (Å²) in [5.41, 5.74) is 0.555. The first-order chi connectivity index (χ1) is 8.60. The van der Waals surface area contributed by atoms with Gasteiger partial charge in [0, 0.05) is 17.6 Å². The minimum Gasteiger partial charge on any atom is -0.478 e. The van der Waals surface area contributed by atoms with Gasteiger partial charge in [0.2, 0.25) is 0 Å². The molecule has 0 aliphatic carbocycles. The molecular weight excluding hydrogens is 232 g/mol. The van der Waals surface area contributed by atoms with Crippen molar-refractivity contribution in [2.75, 3.05) is 13.1 Å². The van der Waals surface area contributed by atoms with Crippen LogP contribution in [-0.2, 0) is 5.60 Å². The van der Waals surface area contributed by atoms with E-state index in [-0.39, 0.29) is 5.56 Å². The van der Waals surface area contributed by atoms with Crippen LogP contribution in [-0.4, -0.2) is 34.3 Å². The Morgan fingerprint density at radius 2 is 2.22 bits per heavy atom. The van der Waals surface area contributed by atoms with Gasteiger partial charge in [0.1, 0.15) is 5.60 Å². The number of aliphatic hydroxyl groups is 1. The predicted octanol–water partition coefficient (Wildman–Crippen LogP) is 1.05. The van der Waals surface area contributed by atoms with Crippen LogP contribution in [0.5, 0.6) is 0 Å². The summed E-state index contributed by atoms with van der Waals surface area (Å²) in [5.74, 6) is -0.967. The lowest BCUT2D eigenvalue weighted by Gasteiger charge is -2.19. The average molecular weight is 246 g/mol. The van der Waals surface area contributed by atoms with Gasteiger partial charge in [-0.15, -0.1) is 0 Å². The minimum atomic E-state index is -0.967. The summed E-state index contributed by atoms with van der Waals surface area (Å²) in [6.07, 6.45) is 0.627. The van der Waals surface area contributed by atoms with Gasteiger partial charge >= 0.3 is 5.97 Å². The van der Waals surface area contributed by atoms with Gasteiger partial charge in [-0.1, -0.05) is 12.1 Å². The van der Waals surface area contributed by atoms with E-state index in [1.807, 2.05) is 12.1 Å². The van der Waals surface area contributed by atoms with Crippen LogP contribution in [0.25, 0.3) is 10.9 Å². The molecule has 1 atom stereocenters. The summed E-state index contributed by atoms with van der Waals surface area (Å²) in [7, 11) is 0. The Hall–Kier alpha value is -1.85. The fraction of sp³-hybridized carbons (Fsp3) is 0.308. The molecule has 3 rings (SSSR count). The van der Waals surface area contributed by atoms with Crippen LogP contribution in [0.15, 0.2) is 24.3 Å². The molecule has 5 nitrogen and oxygen atoms in total. The van der Waals surface area contributed by atoms with E-state index >= 15 is 0 Å². The Morgan fingerprint density at radius 1 is 1.39 bits per heavy atom. The first-order valence-electron chi connectivity index (χ1n) is 5.89. The van der Waals surface area contributed by atoms with Gasteiger partial charge < -0.3 is 20.5 Å². The highest BCUT2D eigenvalue weighted by atomic mass is 16.4. The van der Waals surface area contributed by atoms with Crippen molar-refractivity contribution in [2.45, 2.75) is 12.0 Å². The van der Waals surface area contributed by atoms with Crippen LogP contribution in [0, 0.1) is 0 Å². The molecule has 2 heterocycles. The number of fused-ring (bicyclic) bond motifs is 1. The molecule has 1 saturated heterocycles. The molecule has 1 aliphatic heterocycles. The Labute approximate surface area is 103 Å². The number of rotatable bonds is 2. The number of aromatic nitrogens is 1. The number of carboxylic acids is 1. The highest BCUT2D eigenvalue weighted by Crippen LogP contribution is 2.30. The quantitative estimate of drug-likeness (QED) is 0.638. The third-order valence-electron chi connectivity index (χ3n) is 3.52. The number of aromatic amines is 1. The van der Waals surface area contributed by atoms with Crippen LogP contribution in [0.3, 0.4) is 0 Å². The first-order valence-corrected chi connectivity index (χ1v) is 5.89. The molecule has 0 radical (unpaired) electrons. The van der Waals surface area contributed by atoms with E-state index in [4.69, 9.17) is 5.11 Å². The fourth-order valence-electron chi connectivity index (χ4n) is 2.49. The molecule has 2 aromatic rings. The monoisotopic (exact) mass is 246 g/mol. The van der Waals surface area contributed by atoms with E-state index in [1.165, 1.54) is 0 Å². The second-order valence-corrected chi connectivity index (χ2v) is 4.72. The maximum atomic E-state index is 11.1. The number of hydrogen-bond donors (Lipinski definition) is 4. The van der Waals surface area contributed by atoms with Crippen molar-refractivity contribution in [2.24, 2.45) is 0 Å². The normalized spacial score (nSPS) is 23.6. The van der Waals surface area contributed by atoms with Crippen molar-refractivity contribution >= 4 is 16.9 Å². The number of H-pyrrole nitrogens is 1. The Morgan fingerprint density at radius 3 is 2.89 bits per heavy atom. The molecule has 18 heavy (non-hydrogen) atoms. The van der Waals surface area contributed by atoms with Crippen LogP contribution in [0.1, 0.15) is 22.5 Å². The summed E-state index contributed by atoms with van der Waals surface area (Å²) in [5, 5.41) is 23.5. The van der Waals surface area contributed by atoms with E-state index in [2.05, 4.69) is 10.3 Å². The second kappa shape index (κ2) is 3.83. The molecule has 1 aromatic carbocycles. The summed E-state index contributed by atoms with van der Waals surface area (Å²) >= 11 is 0. The van der Waals surface area contributed by atoms with Crippen LogP contribution >= 0.6 is 0 Å². The molecule has 1 aromatic heterocycles. The third-order valence-corrected chi connectivity index (χ3v) is 3.52. The second-order valence-electron chi connectivity index (χ2n) is 4.72. The van der Waals surface area contributed by atoms with Crippen molar-refractivity contribution in [1.29, 1.82) is 0 Å². The Balaban J connectivity index is 2.16. The molecule has 0 spiro atoms. The van der Waals surface area contributed by atoms with Crippen LogP contribution in [0.2, 0.25) is 0 Å². The van der Waals surface area contributed by atoms with Gasteiger partial charge in [-0.3, -0.25) is 0 Å². The molecular formula is C13H14N2O3. The van der Waals surface area contributed by atoms with E-state index in [0.29, 0.717) is 24.2 Å². The predicted molar refractivity (Wildman–Crippen MR) is 66.6 cm³/mol. The lowest BCUT2D eigenvalue weighted by atomic mass is 9.99. The van der Waals surface area contributed by atoms with Gasteiger partial charge in [-0.2, -0.15) is 0 Å². The number of β-amino-alcohol motifs (C(OH)–C–C–N with tert-alkyl or cyclic N) is 1. The summed E-state index contributed by atoms with van der Waals surface area (Å²) in [6.45, 7) is 1.25. The van der Waals surface area contributed by atoms with Crippen molar-refractivity contribution in [3.8, 4) is 0 Å². The maximum Gasteiger partial charge on any atom is 0.337 e. The van der Waals surface area contributed by atoms with E-state index in [1.54, 1.807) is 12.1 Å². The van der Waals surface area contributed by atoms with Gasteiger partial charge in [-0.05, 0) is 25.1 Å². The van der Waals surface area contributed by atoms with E-state index < -0.39 is 11.6 Å². The Kier molecular flexibility index (Phi) is 2.39. The number of aromatic carboxylic acids is 1. The third kappa shape index (κ3) is 1.60. The molecule has 94 valence electrons. The number of benzene rings is 1. The van der Waals surface area contributed by atoms with E-state index in [0.717, 1.165) is 11.9 Å². The van der Waals surface area contributed by atoms with Crippen molar-refractivity contribution < 1.29 is 15.0 Å². The lowest BCUT2D eigenvalue weighted by molar-refractivity contribution is 0.0548. The summed E-state index contributed by atoms with van der Waals surface area (Å²) in [4.78, 5) is 14.2. The number of carbonyl (C=O) groups is 1. The number of para-hydroxylation sites is 1. The number of nitrogens with one attached hydrogen (secondary N) is 2. The van der Waals surface area contributed by atoms with Gasteiger partial charge in [0.05, 0.1) is 11.1 Å². The van der Waals surface area contributed by atoms with Gasteiger partial charge in [0.15, 0.2) is 0 Å². The summed E-state index contributed by atoms with van der Waals surface area (Å²) in [6, 6.07) is 6.94. The zero-order valence-corrected chi connectivity index (χ0v) is 9.73. The van der Waals surface area contributed by atoms with Crippen LogP contribution in [0.4, 0.5) is 0 Å². The van der Waals surface area contributed by atoms with Gasteiger partial charge in [-0.25, -0.2) is 4.79 Å². The minimum absolute atomic E-state index is 0.230. The number of hydrogen-bond acceptors (Lipinski definition) is 3. The van der Waals surface area contributed by atoms with Crippen LogP contribution < -0.4 is 5.32 Å². The molecule has 1 aliphatic rings. The largest absolute Gasteiger partial charge is 0.478 e. The zero-order chi connectivity index (χ0) is 12.8. The molecule has 0 amide bonds. The maximum absolute atomic E-state index is 11.1. The molecule has 0 bridgehead atoms.